The molecule has 134 valence electrons. The van der Waals surface area contributed by atoms with Crippen LogP contribution in [0.1, 0.15) is 43.6 Å². The number of carbonyl (C=O) groups is 1. The summed E-state index contributed by atoms with van der Waals surface area (Å²) in [5, 5.41) is 2.86. The Labute approximate surface area is 149 Å². The van der Waals surface area contributed by atoms with Gasteiger partial charge in [0.05, 0.1) is 17.8 Å². The van der Waals surface area contributed by atoms with Crippen LogP contribution in [0.15, 0.2) is 42.6 Å². The molecule has 1 N–H and O–H groups in total. The molecule has 0 spiro atoms. The Balaban J connectivity index is 1.84. The molecule has 0 aliphatic rings. The second kappa shape index (κ2) is 8.62. The average Bonchev–Trinajstić information content (AvgIpc) is 2.59. The van der Waals surface area contributed by atoms with E-state index in [1.165, 1.54) is 11.8 Å². The maximum Gasteiger partial charge on any atom is 0.257 e. The third-order valence-electron chi connectivity index (χ3n) is 3.49. The molecular formula is C20H26N2O3. The minimum absolute atomic E-state index is 0.186. The molecule has 0 atom stereocenters. The van der Waals surface area contributed by atoms with Crippen molar-refractivity contribution in [1.29, 1.82) is 0 Å². The van der Waals surface area contributed by atoms with Crippen molar-refractivity contribution >= 4 is 11.6 Å². The van der Waals surface area contributed by atoms with Gasteiger partial charge in [-0.25, -0.2) is 4.98 Å². The summed E-state index contributed by atoms with van der Waals surface area (Å²) in [5.41, 5.74) is 2.30. The quantitative estimate of drug-likeness (QED) is 0.770. The lowest BCUT2D eigenvalue weighted by Crippen LogP contribution is -2.22. The summed E-state index contributed by atoms with van der Waals surface area (Å²) in [6, 6.07) is 11.2. The van der Waals surface area contributed by atoms with Crippen LogP contribution in [-0.2, 0) is 11.2 Å². The number of pyridine rings is 1. The van der Waals surface area contributed by atoms with Crippen molar-refractivity contribution in [3.63, 3.8) is 0 Å². The molecular weight excluding hydrogens is 316 g/mol. The smallest absolute Gasteiger partial charge is 0.257 e. The highest BCUT2D eigenvalue weighted by Crippen LogP contribution is 2.13. The second-order valence-electron chi connectivity index (χ2n) is 6.70. The zero-order valence-electron chi connectivity index (χ0n) is 15.3. The number of aromatic nitrogens is 1. The molecule has 1 amide bonds. The van der Waals surface area contributed by atoms with Gasteiger partial charge in [-0.15, -0.1) is 0 Å². The Morgan fingerprint density at radius 2 is 1.80 bits per heavy atom. The van der Waals surface area contributed by atoms with Gasteiger partial charge in [0.2, 0.25) is 5.88 Å². The summed E-state index contributed by atoms with van der Waals surface area (Å²) in [7, 11) is 0. The number of amides is 1. The van der Waals surface area contributed by atoms with E-state index in [1.54, 1.807) is 12.1 Å². The number of nitrogens with one attached hydrogen (secondary N) is 1. The summed E-state index contributed by atoms with van der Waals surface area (Å²) < 4.78 is 11.1. The van der Waals surface area contributed by atoms with Crippen molar-refractivity contribution < 1.29 is 14.3 Å². The van der Waals surface area contributed by atoms with Crippen LogP contribution in [0.4, 0.5) is 5.69 Å². The molecule has 0 unspecified atom stereocenters. The number of carbonyl (C=O) groups excluding carboxylic acids is 1. The molecule has 5 nitrogen and oxygen atoms in total. The van der Waals surface area contributed by atoms with E-state index >= 15 is 0 Å². The van der Waals surface area contributed by atoms with Crippen molar-refractivity contribution in [2.24, 2.45) is 0 Å². The number of ether oxygens (including phenoxy) is 2. The average molecular weight is 342 g/mol. The minimum atomic E-state index is -0.195. The molecule has 1 heterocycles. The van der Waals surface area contributed by atoms with Crippen LogP contribution in [0.3, 0.4) is 0 Å². The molecule has 0 aliphatic heterocycles. The Hall–Kier alpha value is -2.40. The number of nitrogens with zero attached hydrogens (tertiary/aromatic N) is 1. The van der Waals surface area contributed by atoms with Crippen LogP contribution in [0.5, 0.6) is 5.88 Å². The van der Waals surface area contributed by atoms with E-state index in [2.05, 4.69) is 17.2 Å². The number of hydrogen-bond donors (Lipinski definition) is 1. The van der Waals surface area contributed by atoms with Gasteiger partial charge in [0, 0.05) is 18.0 Å². The van der Waals surface area contributed by atoms with Crippen molar-refractivity contribution in [3.05, 3.63) is 53.7 Å². The van der Waals surface area contributed by atoms with Crippen molar-refractivity contribution in [1.82, 2.24) is 4.98 Å². The lowest BCUT2D eigenvalue weighted by Gasteiger charge is -2.19. The first-order valence-electron chi connectivity index (χ1n) is 8.50. The highest BCUT2D eigenvalue weighted by molar-refractivity contribution is 6.04. The molecule has 0 saturated carbocycles. The standard InChI is InChI=1S/C20H26N2O3/c1-5-15-6-9-17(10-7-15)22-19(23)16-8-11-18(21-14-16)24-12-13-25-20(2,3)4/h6-11,14H,5,12-13H2,1-4H3,(H,22,23). The fourth-order valence-corrected chi connectivity index (χ4v) is 2.12. The van der Waals surface area contributed by atoms with Gasteiger partial charge in [-0.1, -0.05) is 19.1 Å². The lowest BCUT2D eigenvalue weighted by atomic mass is 10.1. The first kappa shape index (κ1) is 18.9. The summed E-state index contributed by atoms with van der Waals surface area (Å²) in [4.78, 5) is 16.4. The van der Waals surface area contributed by atoms with Crippen LogP contribution in [0.2, 0.25) is 0 Å². The van der Waals surface area contributed by atoms with Crippen LogP contribution >= 0.6 is 0 Å². The van der Waals surface area contributed by atoms with Gasteiger partial charge in [0.15, 0.2) is 0 Å². The Bertz CT molecular complexity index is 674. The normalized spacial score (nSPS) is 11.2. The summed E-state index contributed by atoms with van der Waals surface area (Å²) in [6.45, 7) is 8.98. The van der Waals surface area contributed by atoms with E-state index in [1.807, 2.05) is 45.0 Å². The molecule has 2 aromatic rings. The third-order valence-corrected chi connectivity index (χ3v) is 3.49. The molecule has 0 fully saturated rings. The van der Waals surface area contributed by atoms with E-state index < -0.39 is 0 Å². The highest BCUT2D eigenvalue weighted by atomic mass is 16.5. The fourth-order valence-electron chi connectivity index (χ4n) is 2.12. The van der Waals surface area contributed by atoms with Gasteiger partial charge >= 0.3 is 0 Å². The van der Waals surface area contributed by atoms with E-state index in [4.69, 9.17) is 9.47 Å². The van der Waals surface area contributed by atoms with Crippen molar-refractivity contribution in [2.45, 2.75) is 39.7 Å². The third kappa shape index (κ3) is 6.55. The van der Waals surface area contributed by atoms with Crippen LogP contribution < -0.4 is 10.1 Å². The summed E-state index contributed by atoms with van der Waals surface area (Å²) in [5.74, 6) is 0.278. The minimum Gasteiger partial charge on any atom is -0.475 e. The number of hydrogen-bond acceptors (Lipinski definition) is 4. The molecule has 2 rings (SSSR count). The number of rotatable bonds is 7. The molecule has 0 aliphatic carbocycles. The van der Waals surface area contributed by atoms with Gasteiger partial charge in [0.1, 0.15) is 6.61 Å². The van der Waals surface area contributed by atoms with Crippen molar-refractivity contribution in [2.75, 3.05) is 18.5 Å². The molecule has 1 aromatic carbocycles. The molecule has 1 aromatic heterocycles. The Morgan fingerprint density at radius 3 is 2.36 bits per heavy atom. The summed E-state index contributed by atoms with van der Waals surface area (Å²) in [6.07, 6.45) is 2.48. The number of benzene rings is 1. The van der Waals surface area contributed by atoms with E-state index in [0.717, 1.165) is 12.1 Å². The maximum atomic E-state index is 12.2. The van der Waals surface area contributed by atoms with Gasteiger partial charge in [-0.2, -0.15) is 0 Å². The first-order valence-corrected chi connectivity index (χ1v) is 8.50. The second-order valence-corrected chi connectivity index (χ2v) is 6.70. The zero-order valence-corrected chi connectivity index (χ0v) is 15.3. The van der Waals surface area contributed by atoms with Gasteiger partial charge in [-0.3, -0.25) is 4.79 Å². The summed E-state index contributed by atoms with van der Waals surface area (Å²) >= 11 is 0. The van der Waals surface area contributed by atoms with Crippen molar-refractivity contribution in [3.8, 4) is 5.88 Å². The van der Waals surface area contributed by atoms with Crippen LogP contribution in [0.25, 0.3) is 0 Å². The van der Waals surface area contributed by atoms with E-state index in [0.29, 0.717) is 24.7 Å². The molecule has 0 radical (unpaired) electrons. The van der Waals surface area contributed by atoms with E-state index in [-0.39, 0.29) is 11.5 Å². The lowest BCUT2D eigenvalue weighted by molar-refractivity contribution is -0.0168. The first-order chi connectivity index (χ1) is 11.9. The zero-order chi connectivity index (χ0) is 18.3. The van der Waals surface area contributed by atoms with Gasteiger partial charge in [-0.05, 0) is 51.0 Å². The fraction of sp³-hybridized carbons (Fsp3) is 0.400. The maximum absolute atomic E-state index is 12.2. The molecule has 0 bridgehead atoms. The topological polar surface area (TPSA) is 60.5 Å². The van der Waals surface area contributed by atoms with Crippen LogP contribution in [-0.4, -0.2) is 29.7 Å². The SMILES string of the molecule is CCc1ccc(NC(=O)c2ccc(OCCOC(C)(C)C)nc2)cc1. The number of aryl methyl sites for hydroxylation is 1. The number of anilines is 1. The monoisotopic (exact) mass is 342 g/mol. The molecule has 25 heavy (non-hydrogen) atoms. The Morgan fingerprint density at radius 1 is 1.08 bits per heavy atom. The predicted octanol–water partition coefficient (Wildman–Crippen LogP) is 4.09. The molecule has 5 heteroatoms. The molecule has 0 saturated heterocycles. The van der Waals surface area contributed by atoms with E-state index in [9.17, 15) is 4.79 Å². The van der Waals surface area contributed by atoms with Crippen LogP contribution in [0, 0.1) is 0 Å². The Kier molecular flexibility index (Phi) is 6.53. The van der Waals surface area contributed by atoms with Gasteiger partial charge < -0.3 is 14.8 Å². The largest absolute Gasteiger partial charge is 0.475 e. The van der Waals surface area contributed by atoms with Gasteiger partial charge in [0.25, 0.3) is 5.91 Å². The highest BCUT2D eigenvalue weighted by Gasteiger charge is 2.10. The predicted molar refractivity (Wildman–Crippen MR) is 99.2 cm³/mol.